The summed E-state index contributed by atoms with van der Waals surface area (Å²) in [5, 5.41) is 0.851. The number of ether oxygens (including phenoxy) is 1. The molecule has 0 radical (unpaired) electrons. The quantitative estimate of drug-likeness (QED) is 0.816. The third-order valence-electron chi connectivity index (χ3n) is 3.19. The number of likely N-dealkylation sites (N-methyl/N-ethyl adjacent to an activating group) is 1. The van der Waals surface area contributed by atoms with E-state index in [1.165, 1.54) is 24.8 Å². The third kappa shape index (κ3) is 3.98. The Labute approximate surface area is 109 Å². The maximum absolute atomic E-state index is 6.15. The first-order chi connectivity index (χ1) is 8.25. The van der Waals surface area contributed by atoms with Crippen molar-refractivity contribution in [1.82, 2.24) is 4.90 Å². The van der Waals surface area contributed by atoms with Crippen LogP contribution >= 0.6 is 11.6 Å². The summed E-state index contributed by atoms with van der Waals surface area (Å²) < 4.78 is 5.74. The molecule has 1 aromatic carbocycles. The van der Waals surface area contributed by atoms with Gasteiger partial charge in [-0.15, -0.1) is 0 Å². The van der Waals surface area contributed by atoms with Crippen LogP contribution in [0.3, 0.4) is 0 Å². The van der Waals surface area contributed by atoms with Crippen molar-refractivity contribution in [3.8, 4) is 0 Å². The van der Waals surface area contributed by atoms with Gasteiger partial charge in [0.1, 0.15) is 0 Å². The number of halogens is 1. The van der Waals surface area contributed by atoms with Crippen molar-refractivity contribution in [2.24, 2.45) is 0 Å². The molecule has 1 unspecified atom stereocenters. The number of hydrogen-bond donors (Lipinski definition) is 0. The van der Waals surface area contributed by atoms with E-state index in [9.17, 15) is 0 Å². The summed E-state index contributed by atoms with van der Waals surface area (Å²) in [6, 6.07) is 8.03. The Morgan fingerprint density at radius 1 is 1.35 bits per heavy atom. The second-order valence-corrected chi connectivity index (χ2v) is 5.18. The third-order valence-corrected chi connectivity index (χ3v) is 3.56. The molecule has 0 bridgehead atoms. The fourth-order valence-corrected chi connectivity index (χ4v) is 2.48. The minimum absolute atomic E-state index is 0.399. The molecule has 2 nitrogen and oxygen atoms in total. The van der Waals surface area contributed by atoms with E-state index in [4.69, 9.17) is 16.3 Å². The zero-order valence-corrected chi connectivity index (χ0v) is 11.1. The zero-order chi connectivity index (χ0) is 12.1. The van der Waals surface area contributed by atoms with Gasteiger partial charge in [-0.25, -0.2) is 0 Å². The second-order valence-electron chi connectivity index (χ2n) is 4.78. The Kier molecular flexibility index (Phi) is 4.84. The molecule has 1 atom stereocenters. The molecule has 0 amide bonds. The normalized spacial score (nSPS) is 20.8. The molecule has 2 rings (SSSR count). The maximum atomic E-state index is 6.15. The van der Waals surface area contributed by atoms with Crippen LogP contribution in [-0.4, -0.2) is 31.2 Å². The lowest BCUT2D eigenvalue weighted by Gasteiger charge is -2.27. The predicted molar refractivity (Wildman–Crippen MR) is 71.4 cm³/mol. The number of rotatable bonds is 4. The summed E-state index contributed by atoms with van der Waals surface area (Å²) in [5.41, 5.74) is 1.19. The van der Waals surface area contributed by atoms with Gasteiger partial charge in [0.05, 0.1) is 6.10 Å². The van der Waals surface area contributed by atoms with Crippen LogP contribution in [0, 0.1) is 0 Å². The monoisotopic (exact) mass is 253 g/mol. The van der Waals surface area contributed by atoms with Crippen LogP contribution in [0.2, 0.25) is 5.02 Å². The molecule has 1 heterocycles. The van der Waals surface area contributed by atoms with E-state index in [-0.39, 0.29) is 0 Å². The number of benzene rings is 1. The Morgan fingerprint density at radius 3 is 2.88 bits per heavy atom. The van der Waals surface area contributed by atoms with E-state index in [1.54, 1.807) is 0 Å². The van der Waals surface area contributed by atoms with Crippen molar-refractivity contribution in [3.05, 3.63) is 34.9 Å². The molecular formula is C14H20ClNO. The molecule has 0 saturated carbocycles. The van der Waals surface area contributed by atoms with E-state index in [1.807, 2.05) is 18.2 Å². The highest BCUT2D eigenvalue weighted by molar-refractivity contribution is 6.31. The van der Waals surface area contributed by atoms with Crippen LogP contribution in [0.4, 0.5) is 0 Å². The molecule has 1 aromatic rings. The van der Waals surface area contributed by atoms with Gasteiger partial charge in [-0.05, 0) is 37.9 Å². The van der Waals surface area contributed by atoms with E-state index in [0.29, 0.717) is 6.10 Å². The molecule has 3 heteroatoms. The van der Waals surface area contributed by atoms with Crippen molar-refractivity contribution < 1.29 is 4.74 Å². The molecule has 0 aliphatic carbocycles. The van der Waals surface area contributed by atoms with E-state index in [0.717, 1.165) is 24.7 Å². The summed E-state index contributed by atoms with van der Waals surface area (Å²) in [7, 11) is 2.13. The van der Waals surface area contributed by atoms with E-state index >= 15 is 0 Å². The summed E-state index contributed by atoms with van der Waals surface area (Å²) in [4.78, 5) is 2.29. The highest BCUT2D eigenvalue weighted by atomic mass is 35.5. The standard InChI is InChI=1S/C14H20ClNO/c1-16(11-13-7-4-5-9-17-13)10-12-6-2-3-8-14(12)15/h2-3,6,8,13H,4-5,7,9-11H2,1H3. The molecule has 94 valence electrons. The summed E-state index contributed by atoms with van der Waals surface area (Å²) >= 11 is 6.15. The zero-order valence-electron chi connectivity index (χ0n) is 10.4. The van der Waals surface area contributed by atoms with Crippen LogP contribution in [0.25, 0.3) is 0 Å². The number of nitrogens with zero attached hydrogens (tertiary/aromatic N) is 1. The SMILES string of the molecule is CN(Cc1ccccc1Cl)CC1CCCCO1. The van der Waals surface area contributed by atoms with E-state index in [2.05, 4.69) is 18.0 Å². The molecule has 0 N–H and O–H groups in total. The van der Waals surface area contributed by atoms with Gasteiger partial charge in [-0.3, -0.25) is 4.90 Å². The lowest BCUT2D eigenvalue weighted by molar-refractivity contribution is -0.00258. The van der Waals surface area contributed by atoms with Crippen LogP contribution in [0.5, 0.6) is 0 Å². The molecule has 1 saturated heterocycles. The first kappa shape index (κ1) is 12.9. The largest absolute Gasteiger partial charge is 0.377 e. The fourth-order valence-electron chi connectivity index (χ4n) is 2.28. The van der Waals surface area contributed by atoms with Crippen molar-refractivity contribution in [2.45, 2.75) is 31.9 Å². The van der Waals surface area contributed by atoms with Gasteiger partial charge in [0.2, 0.25) is 0 Å². The van der Waals surface area contributed by atoms with Crippen LogP contribution < -0.4 is 0 Å². The van der Waals surface area contributed by atoms with Crippen molar-refractivity contribution in [3.63, 3.8) is 0 Å². The topological polar surface area (TPSA) is 12.5 Å². The minimum Gasteiger partial charge on any atom is -0.377 e. The average molecular weight is 254 g/mol. The number of hydrogen-bond acceptors (Lipinski definition) is 2. The lowest BCUT2D eigenvalue weighted by atomic mass is 10.1. The molecule has 0 aromatic heterocycles. The first-order valence-corrected chi connectivity index (χ1v) is 6.67. The molecule has 17 heavy (non-hydrogen) atoms. The van der Waals surface area contributed by atoms with Gasteiger partial charge in [-0.1, -0.05) is 29.8 Å². The molecule has 1 aliphatic heterocycles. The molecule has 0 spiro atoms. The van der Waals surface area contributed by atoms with Gasteiger partial charge in [-0.2, -0.15) is 0 Å². The van der Waals surface area contributed by atoms with Crippen molar-refractivity contribution in [1.29, 1.82) is 0 Å². The Bertz CT molecular complexity index is 350. The van der Waals surface area contributed by atoms with Crippen LogP contribution in [0.15, 0.2) is 24.3 Å². The fraction of sp³-hybridized carbons (Fsp3) is 0.571. The second kappa shape index (κ2) is 6.39. The Balaban J connectivity index is 1.84. The van der Waals surface area contributed by atoms with Crippen molar-refractivity contribution in [2.75, 3.05) is 20.2 Å². The van der Waals surface area contributed by atoms with Crippen LogP contribution in [0.1, 0.15) is 24.8 Å². The Hall–Kier alpha value is -0.570. The highest BCUT2D eigenvalue weighted by Crippen LogP contribution is 2.18. The van der Waals surface area contributed by atoms with Gasteiger partial charge in [0.15, 0.2) is 0 Å². The summed E-state index contributed by atoms with van der Waals surface area (Å²) in [6.45, 7) is 2.80. The molecule has 1 fully saturated rings. The maximum Gasteiger partial charge on any atom is 0.0702 e. The van der Waals surface area contributed by atoms with E-state index < -0.39 is 0 Å². The van der Waals surface area contributed by atoms with Gasteiger partial charge in [0.25, 0.3) is 0 Å². The highest BCUT2D eigenvalue weighted by Gasteiger charge is 2.16. The van der Waals surface area contributed by atoms with Crippen molar-refractivity contribution >= 4 is 11.6 Å². The average Bonchev–Trinajstić information content (AvgIpc) is 2.33. The summed E-state index contributed by atoms with van der Waals surface area (Å²) in [5.74, 6) is 0. The molecule has 1 aliphatic rings. The Morgan fingerprint density at radius 2 is 2.18 bits per heavy atom. The van der Waals surface area contributed by atoms with Gasteiger partial charge >= 0.3 is 0 Å². The summed E-state index contributed by atoms with van der Waals surface area (Å²) in [6.07, 6.45) is 4.10. The molecular weight excluding hydrogens is 234 g/mol. The first-order valence-electron chi connectivity index (χ1n) is 6.29. The smallest absolute Gasteiger partial charge is 0.0702 e. The lowest BCUT2D eigenvalue weighted by Crippen LogP contribution is -2.33. The van der Waals surface area contributed by atoms with Gasteiger partial charge in [0, 0.05) is 24.7 Å². The predicted octanol–water partition coefficient (Wildman–Crippen LogP) is 3.34. The van der Waals surface area contributed by atoms with Gasteiger partial charge < -0.3 is 4.74 Å². The minimum atomic E-state index is 0.399. The van der Waals surface area contributed by atoms with Crippen LogP contribution in [-0.2, 0) is 11.3 Å².